The topological polar surface area (TPSA) is 237 Å². The zero-order valence-corrected chi connectivity index (χ0v) is 57.8. The number of unbranched alkanes of at least 4 members (excludes halogenated alkanes) is 43. The maximum atomic E-state index is 13.0. The summed E-state index contributed by atoms with van der Waals surface area (Å²) in [4.78, 5) is 72.3. The van der Waals surface area contributed by atoms with Gasteiger partial charge >= 0.3 is 39.5 Å². The highest BCUT2D eigenvalue weighted by Crippen LogP contribution is 2.45. The van der Waals surface area contributed by atoms with Crippen LogP contribution in [-0.2, 0) is 65.4 Å². The molecule has 3 N–H and O–H groups in total. The number of phosphoric acid groups is 2. The molecule has 516 valence electrons. The molecule has 0 saturated heterocycles. The molecule has 0 bridgehead atoms. The van der Waals surface area contributed by atoms with Crippen LogP contribution in [-0.4, -0.2) is 96.7 Å². The quantitative estimate of drug-likeness (QED) is 0.0222. The molecule has 0 radical (unpaired) electrons. The summed E-state index contributed by atoms with van der Waals surface area (Å²) in [7, 11) is -9.89. The van der Waals surface area contributed by atoms with Gasteiger partial charge in [0.25, 0.3) is 0 Å². The lowest BCUT2D eigenvalue weighted by atomic mass is 10.0. The number of carbonyl (C=O) groups is 4. The molecular weight excluding hydrogens is 1150 g/mol. The van der Waals surface area contributed by atoms with Crippen molar-refractivity contribution in [2.75, 3.05) is 39.6 Å². The highest BCUT2D eigenvalue weighted by Gasteiger charge is 2.30. The molecule has 0 aromatic heterocycles. The fourth-order valence-corrected chi connectivity index (χ4v) is 11.9. The van der Waals surface area contributed by atoms with Crippen LogP contribution in [0.2, 0.25) is 0 Å². The average molecular weight is 1280 g/mol. The summed E-state index contributed by atoms with van der Waals surface area (Å²) < 4.78 is 68.1. The number of hydrogen-bond donors (Lipinski definition) is 3. The summed E-state index contributed by atoms with van der Waals surface area (Å²) in [6, 6.07) is 0. The van der Waals surface area contributed by atoms with Crippen LogP contribution < -0.4 is 0 Å². The second-order valence-corrected chi connectivity index (χ2v) is 27.5. The van der Waals surface area contributed by atoms with Crippen LogP contribution in [0.25, 0.3) is 0 Å². The van der Waals surface area contributed by atoms with E-state index in [1.807, 2.05) is 0 Å². The van der Waals surface area contributed by atoms with Gasteiger partial charge in [0.1, 0.15) is 19.3 Å². The second kappa shape index (κ2) is 62.8. The number of aliphatic hydroxyl groups excluding tert-OH is 1. The van der Waals surface area contributed by atoms with E-state index in [4.69, 9.17) is 37.0 Å². The van der Waals surface area contributed by atoms with Crippen LogP contribution in [0.5, 0.6) is 0 Å². The summed E-state index contributed by atoms with van der Waals surface area (Å²) in [6.45, 7) is 4.90. The Kier molecular flexibility index (Phi) is 61.4. The number of carbonyl (C=O) groups excluding carboxylic acids is 4. The highest BCUT2D eigenvalue weighted by molar-refractivity contribution is 7.47. The Hall–Kier alpha value is -1.94. The predicted molar refractivity (Wildman–Crippen MR) is 349 cm³/mol. The van der Waals surface area contributed by atoms with E-state index in [1.165, 1.54) is 180 Å². The van der Waals surface area contributed by atoms with Crippen molar-refractivity contribution >= 4 is 39.5 Å². The van der Waals surface area contributed by atoms with E-state index in [1.54, 1.807) is 0 Å². The maximum absolute atomic E-state index is 13.0. The van der Waals surface area contributed by atoms with Crippen molar-refractivity contribution in [1.82, 2.24) is 0 Å². The molecule has 0 amide bonds. The molecule has 19 heteroatoms. The first-order chi connectivity index (χ1) is 42.2. The lowest BCUT2D eigenvalue weighted by molar-refractivity contribution is -0.161. The normalized spacial score (nSPS) is 14.1. The first-order valence-electron chi connectivity index (χ1n) is 35.8. The fourth-order valence-electron chi connectivity index (χ4n) is 10.3. The van der Waals surface area contributed by atoms with Gasteiger partial charge < -0.3 is 33.8 Å². The summed E-state index contributed by atoms with van der Waals surface area (Å²) >= 11 is 0. The summed E-state index contributed by atoms with van der Waals surface area (Å²) in [5, 5.41) is 10.6. The largest absolute Gasteiger partial charge is 0.472 e. The molecule has 0 spiro atoms. The van der Waals surface area contributed by atoms with E-state index in [2.05, 4.69) is 27.7 Å². The zero-order valence-electron chi connectivity index (χ0n) is 56.0. The third kappa shape index (κ3) is 62.6. The third-order valence-electron chi connectivity index (χ3n) is 15.9. The van der Waals surface area contributed by atoms with Crippen molar-refractivity contribution < 1.29 is 80.2 Å². The van der Waals surface area contributed by atoms with Crippen LogP contribution in [0.3, 0.4) is 0 Å². The Bertz CT molecular complexity index is 1670. The molecule has 17 nitrogen and oxygen atoms in total. The van der Waals surface area contributed by atoms with Crippen molar-refractivity contribution in [3.8, 4) is 0 Å². The number of ether oxygens (including phenoxy) is 4. The number of hydrogen-bond acceptors (Lipinski definition) is 15. The number of esters is 4. The molecule has 0 aliphatic carbocycles. The third-order valence-corrected chi connectivity index (χ3v) is 17.8. The van der Waals surface area contributed by atoms with E-state index in [0.29, 0.717) is 25.7 Å². The summed E-state index contributed by atoms with van der Waals surface area (Å²) in [5.41, 5.74) is 0. The molecule has 0 rings (SSSR count). The van der Waals surface area contributed by atoms with Gasteiger partial charge in [0, 0.05) is 25.7 Å². The van der Waals surface area contributed by atoms with Gasteiger partial charge in [-0.1, -0.05) is 304 Å². The first kappa shape index (κ1) is 85.1. The van der Waals surface area contributed by atoms with Crippen LogP contribution >= 0.6 is 15.6 Å². The van der Waals surface area contributed by atoms with Crippen LogP contribution in [0.1, 0.15) is 355 Å². The van der Waals surface area contributed by atoms with E-state index < -0.39 is 97.5 Å². The number of rotatable bonds is 69. The predicted octanol–water partition coefficient (Wildman–Crippen LogP) is 19.5. The molecular formula is C68H132O17P2. The van der Waals surface area contributed by atoms with E-state index in [-0.39, 0.29) is 25.7 Å². The van der Waals surface area contributed by atoms with E-state index >= 15 is 0 Å². The van der Waals surface area contributed by atoms with Gasteiger partial charge in [-0.05, 0) is 25.7 Å². The minimum Gasteiger partial charge on any atom is -0.462 e. The van der Waals surface area contributed by atoms with Crippen LogP contribution in [0, 0.1) is 0 Å². The smallest absolute Gasteiger partial charge is 0.462 e. The Morgan fingerprint density at radius 3 is 0.678 bits per heavy atom. The van der Waals surface area contributed by atoms with E-state index in [0.717, 1.165) is 96.3 Å². The SMILES string of the molecule is CCCCCCCCCCCCCCCCCCCC(=O)O[C@H](COC(=O)CCCCCCCCCCCCC)COP(=O)(O)OC[C@@H](O)COP(=O)(O)OC[C@@H](COC(=O)CCCCCCCCCC)OC(=O)CCCCCCCCCCCCC. The molecule has 0 saturated carbocycles. The lowest BCUT2D eigenvalue weighted by Gasteiger charge is -2.21. The Morgan fingerprint density at radius 1 is 0.276 bits per heavy atom. The minimum atomic E-state index is -4.95. The standard InChI is InChI=1S/C68H132O17P2/c1-5-9-13-17-21-25-28-29-30-31-32-33-36-39-43-47-51-55-68(73)85-64(59-79-66(71)53-49-45-41-37-34-26-22-18-14-10-6-2)61-83-87(76,77)81-57-62(69)56-80-86(74,75)82-60-63(58-78-65(70)52-48-44-40-24-20-16-12-8-4)84-67(72)54-50-46-42-38-35-27-23-19-15-11-7-3/h62-64,69H,5-61H2,1-4H3,(H,74,75)(H,76,77)/t62-,63+,64+/m0/s1. The zero-order chi connectivity index (χ0) is 64.0. The van der Waals surface area contributed by atoms with Gasteiger partial charge in [-0.2, -0.15) is 0 Å². The van der Waals surface area contributed by atoms with Crippen molar-refractivity contribution in [1.29, 1.82) is 0 Å². The van der Waals surface area contributed by atoms with Gasteiger partial charge in [-0.15, -0.1) is 0 Å². The molecule has 0 heterocycles. The molecule has 0 aromatic rings. The molecule has 2 unspecified atom stereocenters. The molecule has 87 heavy (non-hydrogen) atoms. The molecule has 0 aliphatic rings. The van der Waals surface area contributed by atoms with Gasteiger partial charge in [0.2, 0.25) is 0 Å². The first-order valence-corrected chi connectivity index (χ1v) is 38.8. The maximum Gasteiger partial charge on any atom is 0.472 e. The monoisotopic (exact) mass is 1280 g/mol. The molecule has 0 aliphatic heterocycles. The molecule has 0 fully saturated rings. The molecule has 0 aromatic carbocycles. The minimum absolute atomic E-state index is 0.107. The molecule has 5 atom stereocenters. The average Bonchev–Trinajstić information content (AvgIpc) is 3.52. The Labute approximate surface area is 530 Å². The Morgan fingerprint density at radius 2 is 0.460 bits per heavy atom. The van der Waals surface area contributed by atoms with Crippen molar-refractivity contribution in [2.45, 2.75) is 373 Å². The van der Waals surface area contributed by atoms with Gasteiger partial charge in [0.15, 0.2) is 12.2 Å². The van der Waals surface area contributed by atoms with Gasteiger partial charge in [-0.3, -0.25) is 37.3 Å². The van der Waals surface area contributed by atoms with Crippen LogP contribution in [0.4, 0.5) is 0 Å². The number of phosphoric ester groups is 2. The number of aliphatic hydroxyl groups is 1. The van der Waals surface area contributed by atoms with Crippen molar-refractivity contribution in [3.63, 3.8) is 0 Å². The van der Waals surface area contributed by atoms with Gasteiger partial charge in [0.05, 0.1) is 26.4 Å². The Balaban J connectivity index is 5.19. The highest BCUT2D eigenvalue weighted by atomic mass is 31.2. The fraction of sp³-hybridized carbons (Fsp3) is 0.941. The van der Waals surface area contributed by atoms with Crippen molar-refractivity contribution in [2.24, 2.45) is 0 Å². The van der Waals surface area contributed by atoms with E-state index in [9.17, 15) is 43.2 Å². The summed E-state index contributed by atoms with van der Waals surface area (Å²) in [5.74, 6) is -2.13. The lowest BCUT2D eigenvalue weighted by Crippen LogP contribution is -2.30. The van der Waals surface area contributed by atoms with Crippen molar-refractivity contribution in [3.05, 3.63) is 0 Å². The van der Waals surface area contributed by atoms with Crippen LogP contribution in [0.15, 0.2) is 0 Å². The second-order valence-electron chi connectivity index (χ2n) is 24.6. The van der Waals surface area contributed by atoms with Gasteiger partial charge in [-0.25, -0.2) is 9.13 Å². The summed E-state index contributed by atoms with van der Waals surface area (Å²) in [6.07, 6.45) is 49.9.